The lowest BCUT2D eigenvalue weighted by Crippen LogP contribution is -2.06. The van der Waals surface area contributed by atoms with Crippen molar-refractivity contribution in [1.29, 1.82) is 0 Å². The normalized spacial score (nSPS) is 10.5. The molecule has 3 rings (SSSR count). The van der Waals surface area contributed by atoms with E-state index in [-0.39, 0.29) is 22.9 Å². The SMILES string of the molecule is O=C(OCc1cccc2ccccc12)c1ccc([N+](=O)[O-])cc1Cl. The third kappa shape index (κ3) is 3.21. The van der Waals surface area contributed by atoms with E-state index in [4.69, 9.17) is 16.3 Å². The van der Waals surface area contributed by atoms with Gasteiger partial charge in [0.2, 0.25) is 0 Å². The molecule has 0 spiro atoms. The fourth-order valence-corrected chi connectivity index (χ4v) is 2.67. The minimum atomic E-state index is -0.622. The molecule has 0 aliphatic carbocycles. The third-order valence-electron chi connectivity index (χ3n) is 3.62. The number of non-ortho nitro benzene ring substituents is 1. The fraction of sp³-hybridized carbons (Fsp3) is 0.0556. The van der Waals surface area contributed by atoms with Gasteiger partial charge in [0.05, 0.1) is 15.5 Å². The molecule has 0 aromatic heterocycles. The number of esters is 1. The molecule has 0 aliphatic rings. The fourth-order valence-electron chi connectivity index (χ4n) is 2.42. The van der Waals surface area contributed by atoms with E-state index in [0.717, 1.165) is 22.4 Å². The molecule has 0 unspecified atom stereocenters. The number of fused-ring (bicyclic) bond motifs is 1. The van der Waals surface area contributed by atoms with Crippen molar-refractivity contribution in [3.8, 4) is 0 Å². The largest absolute Gasteiger partial charge is 0.457 e. The Labute approximate surface area is 142 Å². The zero-order valence-corrected chi connectivity index (χ0v) is 13.2. The molecule has 0 aliphatic heterocycles. The zero-order chi connectivity index (χ0) is 17.1. The van der Waals surface area contributed by atoms with E-state index in [1.165, 1.54) is 12.1 Å². The van der Waals surface area contributed by atoms with E-state index in [0.29, 0.717) is 0 Å². The van der Waals surface area contributed by atoms with Gasteiger partial charge in [-0.05, 0) is 22.4 Å². The number of nitrogens with zero attached hydrogens (tertiary/aromatic N) is 1. The number of nitro groups is 1. The van der Waals surface area contributed by atoms with Crippen LogP contribution in [0, 0.1) is 10.1 Å². The molecule has 0 saturated heterocycles. The average molecular weight is 342 g/mol. The summed E-state index contributed by atoms with van der Waals surface area (Å²) in [5.74, 6) is -0.622. The zero-order valence-electron chi connectivity index (χ0n) is 12.4. The maximum atomic E-state index is 12.2. The van der Waals surface area contributed by atoms with Crippen molar-refractivity contribution in [2.75, 3.05) is 0 Å². The van der Waals surface area contributed by atoms with Gasteiger partial charge in [-0.15, -0.1) is 0 Å². The van der Waals surface area contributed by atoms with Crippen molar-refractivity contribution in [2.45, 2.75) is 6.61 Å². The molecule has 6 heteroatoms. The monoisotopic (exact) mass is 341 g/mol. The van der Waals surface area contributed by atoms with Gasteiger partial charge < -0.3 is 4.74 Å². The van der Waals surface area contributed by atoms with Gasteiger partial charge in [0.25, 0.3) is 5.69 Å². The molecule has 3 aromatic carbocycles. The first-order chi connectivity index (χ1) is 11.6. The second kappa shape index (κ2) is 6.68. The van der Waals surface area contributed by atoms with Crippen molar-refractivity contribution >= 4 is 34.0 Å². The number of hydrogen-bond acceptors (Lipinski definition) is 4. The Morgan fingerprint density at radius 1 is 1.08 bits per heavy atom. The topological polar surface area (TPSA) is 69.4 Å². The summed E-state index contributed by atoms with van der Waals surface area (Å²) in [6.45, 7) is 0.0908. The standard InChI is InChI=1S/C18H12ClNO4/c19-17-10-14(20(22)23)8-9-16(17)18(21)24-11-13-6-3-5-12-4-1-2-7-15(12)13/h1-10H,11H2. The van der Waals surface area contributed by atoms with Gasteiger partial charge in [-0.1, -0.05) is 54.1 Å². The van der Waals surface area contributed by atoms with E-state index in [1.807, 2.05) is 42.5 Å². The summed E-state index contributed by atoms with van der Waals surface area (Å²) in [5.41, 5.74) is 0.799. The number of carbonyl (C=O) groups excluding carboxylic acids is 1. The van der Waals surface area contributed by atoms with Gasteiger partial charge in [0, 0.05) is 12.1 Å². The summed E-state index contributed by atoms with van der Waals surface area (Å²) in [6.07, 6.45) is 0. The van der Waals surface area contributed by atoms with Gasteiger partial charge >= 0.3 is 5.97 Å². The molecule has 3 aromatic rings. The van der Waals surface area contributed by atoms with Crippen molar-refractivity contribution in [2.24, 2.45) is 0 Å². The molecule has 0 heterocycles. The molecule has 0 fully saturated rings. The summed E-state index contributed by atoms with van der Waals surface area (Å²) in [7, 11) is 0. The van der Waals surface area contributed by atoms with Crippen LogP contribution in [-0.4, -0.2) is 10.9 Å². The second-order valence-corrected chi connectivity index (χ2v) is 5.54. The molecular weight excluding hydrogens is 330 g/mol. The van der Waals surface area contributed by atoms with Crippen molar-refractivity contribution in [3.05, 3.63) is 86.9 Å². The van der Waals surface area contributed by atoms with Crippen molar-refractivity contribution in [3.63, 3.8) is 0 Å². The first-order valence-electron chi connectivity index (χ1n) is 7.14. The molecule has 5 nitrogen and oxygen atoms in total. The highest BCUT2D eigenvalue weighted by Gasteiger charge is 2.16. The van der Waals surface area contributed by atoms with Gasteiger partial charge in [-0.3, -0.25) is 10.1 Å². The Morgan fingerprint density at radius 2 is 1.83 bits per heavy atom. The first kappa shape index (κ1) is 16.0. The van der Waals surface area contributed by atoms with Crippen LogP contribution in [0.15, 0.2) is 60.7 Å². The van der Waals surface area contributed by atoms with E-state index >= 15 is 0 Å². The molecular formula is C18H12ClNO4. The second-order valence-electron chi connectivity index (χ2n) is 5.14. The molecule has 120 valence electrons. The number of rotatable bonds is 4. The van der Waals surface area contributed by atoms with E-state index in [9.17, 15) is 14.9 Å². The third-order valence-corrected chi connectivity index (χ3v) is 3.93. The van der Waals surface area contributed by atoms with Crippen LogP contribution in [-0.2, 0) is 11.3 Å². The van der Waals surface area contributed by atoms with Gasteiger partial charge in [0.1, 0.15) is 6.61 Å². The van der Waals surface area contributed by atoms with Crippen LogP contribution in [0.3, 0.4) is 0 Å². The van der Waals surface area contributed by atoms with Crippen LogP contribution in [0.1, 0.15) is 15.9 Å². The number of carbonyl (C=O) groups is 1. The van der Waals surface area contributed by atoms with Gasteiger partial charge in [-0.25, -0.2) is 4.79 Å². The number of hydrogen-bond donors (Lipinski definition) is 0. The lowest BCUT2D eigenvalue weighted by atomic mass is 10.1. The summed E-state index contributed by atoms with van der Waals surface area (Å²) in [5, 5.41) is 12.8. The number of nitro benzene ring substituents is 1. The van der Waals surface area contributed by atoms with E-state index in [1.54, 1.807) is 0 Å². The van der Waals surface area contributed by atoms with Crippen LogP contribution < -0.4 is 0 Å². The van der Waals surface area contributed by atoms with Crippen LogP contribution >= 0.6 is 11.6 Å². The smallest absolute Gasteiger partial charge is 0.339 e. The Morgan fingerprint density at radius 3 is 2.58 bits per heavy atom. The lowest BCUT2D eigenvalue weighted by Gasteiger charge is -2.09. The Hall–Kier alpha value is -2.92. The molecule has 0 N–H and O–H groups in total. The van der Waals surface area contributed by atoms with Crippen LogP contribution in [0.5, 0.6) is 0 Å². The molecule has 24 heavy (non-hydrogen) atoms. The van der Waals surface area contributed by atoms with E-state index in [2.05, 4.69) is 0 Å². The maximum Gasteiger partial charge on any atom is 0.339 e. The minimum Gasteiger partial charge on any atom is -0.457 e. The number of halogens is 1. The molecule has 0 saturated carbocycles. The minimum absolute atomic E-state index is 0.00730. The summed E-state index contributed by atoms with van der Waals surface area (Å²) >= 11 is 5.94. The van der Waals surface area contributed by atoms with Gasteiger partial charge in [-0.2, -0.15) is 0 Å². The van der Waals surface area contributed by atoms with Gasteiger partial charge in [0.15, 0.2) is 0 Å². The molecule has 0 atom stereocenters. The Bertz CT molecular complexity index is 934. The molecule has 0 radical (unpaired) electrons. The first-order valence-corrected chi connectivity index (χ1v) is 7.52. The lowest BCUT2D eigenvalue weighted by molar-refractivity contribution is -0.384. The average Bonchev–Trinajstić information content (AvgIpc) is 2.59. The van der Waals surface area contributed by atoms with Crippen LogP contribution in [0.4, 0.5) is 5.69 Å². The molecule has 0 bridgehead atoms. The quantitative estimate of drug-likeness (QED) is 0.390. The number of benzene rings is 3. The predicted octanol–water partition coefficient (Wildman–Crippen LogP) is 4.76. The predicted molar refractivity (Wildman–Crippen MR) is 91.2 cm³/mol. The summed E-state index contributed by atoms with van der Waals surface area (Å²) in [6, 6.07) is 17.2. The summed E-state index contributed by atoms with van der Waals surface area (Å²) < 4.78 is 5.31. The highest BCUT2D eigenvalue weighted by Crippen LogP contribution is 2.24. The molecule has 0 amide bonds. The van der Waals surface area contributed by atoms with Crippen LogP contribution in [0.25, 0.3) is 10.8 Å². The highest BCUT2D eigenvalue weighted by atomic mass is 35.5. The van der Waals surface area contributed by atoms with E-state index < -0.39 is 10.9 Å². The Balaban J connectivity index is 1.79. The maximum absolute atomic E-state index is 12.2. The van der Waals surface area contributed by atoms with Crippen molar-refractivity contribution in [1.82, 2.24) is 0 Å². The summed E-state index contributed by atoms with van der Waals surface area (Å²) in [4.78, 5) is 22.3. The number of ether oxygens (including phenoxy) is 1. The highest BCUT2D eigenvalue weighted by molar-refractivity contribution is 6.33. The Kier molecular flexibility index (Phi) is 4.44. The van der Waals surface area contributed by atoms with Crippen molar-refractivity contribution < 1.29 is 14.5 Å². The van der Waals surface area contributed by atoms with Crippen LogP contribution in [0.2, 0.25) is 5.02 Å².